The molecule has 9 heteroatoms. The number of nitrogens with zero attached hydrogens (tertiary/aromatic N) is 2. The van der Waals surface area contributed by atoms with Crippen LogP contribution < -0.4 is 0 Å². The average molecular weight is 318 g/mol. The Morgan fingerprint density at radius 1 is 1.43 bits per heavy atom. The van der Waals surface area contributed by atoms with Crippen LogP contribution >= 0.6 is 0 Å². The van der Waals surface area contributed by atoms with Gasteiger partial charge in [0.1, 0.15) is 17.1 Å². The number of carboxylic acids is 1. The third-order valence-corrected chi connectivity index (χ3v) is 4.66. The van der Waals surface area contributed by atoms with E-state index in [0.29, 0.717) is 0 Å². The highest BCUT2D eigenvalue weighted by Gasteiger charge is 2.27. The number of esters is 1. The number of methoxy groups -OCH3 is 1. The van der Waals surface area contributed by atoms with E-state index in [0.717, 1.165) is 17.5 Å². The summed E-state index contributed by atoms with van der Waals surface area (Å²) in [6, 6.07) is 0.858. The van der Waals surface area contributed by atoms with E-state index in [1.165, 1.54) is 17.8 Å². The van der Waals surface area contributed by atoms with Crippen molar-refractivity contribution in [2.45, 2.75) is 24.8 Å². The molecule has 0 saturated carbocycles. The fourth-order valence-corrected chi connectivity index (χ4v) is 2.85. The van der Waals surface area contributed by atoms with Crippen LogP contribution in [0.5, 0.6) is 0 Å². The first-order valence-electron chi connectivity index (χ1n) is 6.09. The summed E-state index contributed by atoms with van der Waals surface area (Å²) in [5.74, 6) is -1.93. The quantitative estimate of drug-likeness (QED) is 0.768. The highest BCUT2D eigenvalue weighted by atomic mass is 32.2. The maximum absolute atomic E-state index is 12.3. The fourth-order valence-electron chi connectivity index (χ4n) is 1.70. The van der Waals surface area contributed by atoms with Gasteiger partial charge in [-0.2, -0.15) is 4.31 Å². The van der Waals surface area contributed by atoms with E-state index in [-0.39, 0.29) is 16.6 Å². The second kappa shape index (κ2) is 6.27. The average Bonchev–Trinajstić information content (AvgIpc) is 2.84. The van der Waals surface area contributed by atoms with Crippen molar-refractivity contribution in [3.63, 3.8) is 0 Å². The number of aromatic carboxylic acids is 1. The van der Waals surface area contributed by atoms with Gasteiger partial charge in [0.2, 0.25) is 10.0 Å². The van der Waals surface area contributed by atoms with Crippen molar-refractivity contribution in [1.29, 1.82) is 0 Å². The summed E-state index contributed by atoms with van der Waals surface area (Å²) >= 11 is 0. The van der Waals surface area contributed by atoms with Gasteiger partial charge in [-0.3, -0.25) is 4.79 Å². The molecule has 1 aromatic heterocycles. The maximum atomic E-state index is 12.3. The van der Waals surface area contributed by atoms with Crippen molar-refractivity contribution in [3.05, 3.63) is 18.0 Å². The lowest BCUT2D eigenvalue weighted by Crippen LogP contribution is -2.32. The molecule has 0 aromatic carbocycles. The number of hydrogen-bond acceptors (Lipinski definition) is 5. The van der Waals surface area contributed by atoms with Gasteiger partial charge in [-0.1, -0.05) is 0 Å². The molecule has 1 rings (SSSR count). The van der Waals surface area contributed by atoms with E-state index in [2.05, 4.69) is 4.74 Å². The van der Waals surface area contributed by atoms with Crippen molar-refractivity contribution in [2.24, 2.45) is 0 Å². The molecule has 0 radical (unpaired) electrons. The van der Waals surface area contributed by atoms with Gasteiger partial charge in [-0.15, -0.1) is 0 Å². The van der Waals surface area contributed by atoms with Crippen LogP contribution in [-0.4, -0.2) is 55.0 Å². The van der Waals surface area contributed by atoms with E-state index in [1.54, 1.807) is 13.8 Å². The van der Waals surface area contributed by atoms with E-state index in [4.69, 9.17) is 5.11 Å². The number of sulfonamides is 1. The first-order valence-corrected chi connectivity index (χ1v) is 7.53. The van der Waals surface area contributed by atoms with Gasteiger partial charge >= 0.3 is 11.9 Å². The molecule has 0 saturated heterocycles. The standard InChI is InChI=1S/C12H18N2O6S/c1-8(2)14-6-9(5-10(14)12(16)17)21(18,19)13(3)7-11(15)20-4/h5-6,8H,7H2,1-4H3,(H,16,17). The van der Waals surface area contributed by atoms with Crippen molar-refractivity contribution in [3.8, 4) is 0 Å². The molecule has 0 spiro atoms. The van der Waals surface area contributed by atoms with Gasteiger partial charge in [0.25, 0.3) is 0 Å². The van der Waals surface area contributed by atoms with Crippen molar-refractivity contribution < 1.29 is 27.9 Å². The van der Waals surface area contributed by atoms with E-state index in [1.807, 2.05) is 0 Å². The van der Waals surface area contributed by atoms with Crippen LogP contribution in [0.15, 0.2) is 17.2 Å². The Balaban J connectivity index is 3.23. The van der Waals surface area contributed by atoms with Crippen LogP contribution in [-0.2, 0) is 19.6 Å². The summed E-state index contributed by atoms with van der Waals surface area (Å²) in [4.78, 5) is 22.1. The number of aromatic nitrogens is 1. The Kier molecular flexibility index (Phi) is 5.13. The van der Waals surface area contributed by atoms with Crippen LogP contribution in [0.25, 0.3) is 0 Å². The molecule has 0 unspecified atom stereocenters. The Labute approximate surface area is 123 Å². The Morgan fingerprint density at radius 3 is 2.38 bits per heavy atom. The summed E-state index contributed by atoms with van der Waals surface area (Å²) < 4.78 is 31.2. The van der Waals surface area contributed by atoms with Crippen LogP contribution in [0.1, 0.15) is 30.4 Å². The van der Waals surface area contributed by atoms with Gasteiger partial charge < -0.3 is 14.4 Å². The second-order valence-electron chi connectivity index (χ2n) is 4.70. The highest BCUT2D eigenvalue weighted by Crippen LogP contribution is 2.21. The predicted octanol–water partition coefficient (Wildman–Crippen LogP) is 0.561. The Hall–Kier alpha value is -1.87. The van der Waals surface area contributed by atoms with Crippen molar-refractivity contribution in [2.75, 3.05) is 20.7 Å². The molecule has 118 valence electrons. The lowest BCUT2D eigenvalue weighted by Gasteiger charge is -2.14. The molecule has 8 nitrogen and oxygen atoms in total. The molecule has 0 amide bonds. The predicted molar refractivity (Wildman–Crippen MR) is 73.6 cm³/mol. The van der Waals surface area contributed by atoms with Gasteiger partial charge in [-0.25, -0.2) is 13.2 Å². The zero-order valence-electron chi connectivity index (χ0n) is 12.2. The van der Waals surface area contributed by atoms with Crippen molar-refractivity contribution >= 4 is 22.0 Å². The molecule has 0 atom stereocenters. The minimum Gasteiger partial charge on any atom is -0.477 e. The lowest BCUT2D eigenvalue weighted by molar-refractivity contribution is -0.140. The highest BCUT2D eigenvalue weighted by molar-refractivity contribution is 7.89. The lowest BCUT2D eigenvalue weighted by atomic mass is 10.3. The number of hydrogen-bond donors (Lipinski definition) is 1. The minimum absolute atomic E-state index is 0.130. The van der Waals surface area contributed by atoms with Crippen LogP contribution in [0.4, 0.5) is 0 Å². The normalized spacial score (nSPS) is 11.9. The van der Waals surface area contributed by atoms with Crippen LogP contribution in [0.2, 0.25) is 0 Å². The fraction of sp³-hybridized carbons (Fsp3) is 0.500. The number of carboxylic acid groups (broad SMARTS) is 1. The smallest absolute Gasteiger partial charge is 0.352 e. The first kappa shape index (κ1) is 17.2. The van der Waals surface area contributed by atoms with Gasteiger partial charge in [0, 0.05) is 19.3 Å². The number of carbonyl (C=O) groups is 2. The number of ether oxygens (including phenoxy) is 1. The topological polar surface area (TPSA) is 106 Å². The molecule has 0 aliphatic heterocycles. The summed E-state index contributed by atoms with van der Waals surface area (Å²) in [7, 11) is -1.59. The van der Waals surface area contributed by atoms with E-state index in [9.17, 15) is 18.0 Å². The molecule has 0 bridgehead atoms. The molecule has 1 N–H and O–H groups in total. The molecular weight excluding hydrogens is 300 g/mol. The molecule has 1 aromatic rings. The zero-order valence-corrected chi connectivity index (χ0v) is 13.0. The molecule has 0 fully saturated rings. The maximum Gasteiger partial charge on any atom is 0.352 e. The SMILES string of the molecule is COC(=O)CN(C)S(=O)(=O)c1cc(C(=O)O)n(C(C)C)c1. The number of rotatable bonds is 6. The third kappa shape index (κ3) is 3.61. The molecular formula is C12H18N2O6S. The Morgan fingerprint density at radius 2 is 2.00 bits per heavy atom. The molecule has 0 aliphatic carbocycles. The summed E-state index contributed by atoms with van der Waals surface area (Å²) in [5, 5.41) is 9.11. The van der Waals surface area contributed by atoms with Crippen molar-refractivity contribution in [1.82, 2.24) is 8.87 Å². The largest absolute Gasteiger partial charge is 0.477 e. The second-order valence-corrected chi connectivity index (χ2v) is 6.75. The van der Waals surface area contributed by atoms with Gasteiger partial charge in [0.15, 0.2) is 0 Å². The summed E-state index contributed by atoms with van der Waals surface area (Å²) in [5.41, 5.74) is -0.130. The Bertz CT molecular complexity index is 647. The monoisotopic (exact) mass is 318 g/mol. The van der Waals surface area contributed by atoms with E-state index < -0.39 is 28.5 Å². The summed E-state index contributed by atoms with van der Waals surface area (Å²) in [6.07, 6.45) is 1.25. The zero-order chi connectivity index (χ0) is 16.4. The number of likely N-dealkylation sites (N-methyl/N-ethyl adjacent to an activating group) is 1. The minimum atomic E-state index is -3.96. The van der Waals surface area contributed by atoms with E-state index >= 15 is 0 Å². The number of carbonyl (C=O) groups excluding carboxylic acids is 1. The van der Waals surface area contributed by atoms with Crippen LogP contribution in [0.3, 0.4) is 0 Å². The van der Waals surface area contributed by atoms with Gasteiger partial charge in [0.05, 0.1) is 7.11 Å². The molecule has 21 heavy (non-hydrogen) atoms. The van der Waals surface area contributed by atoms with Gasteiger partial charge in [-0.05, 0) is 19.9 Å². The molecule has 0 aliphatic rings. The molecule has 1 heterocycles. The first-order chi connectivity index (χ1) is 9.61. The third-order valence-electron chi connectivity index (χ3n) is 2.89. The summed E-state index contributed by atoms with van der Waals surface area (Å²) in [6.45, 7) is 3.02. The van der Waals surface area contributed by atoms with Crippen LogP contribution in [0, 0.1) is 0 Å².